The summed E-state index contributed by atoms with van der Waals surface area (Å²) >= 11 is 0. The lowest BCUT2D eigenvalue weighted by Crippen LogP contribution is -2.45. The number of anilines is 2. The van der Waals surface area contributed by atoms with Gasteiger partial charge in [0.05, 0.1) is 0 Å². The zero-order chi connectivity index (χ0) is 21.6. The second-order valence-corrected chi connectivity index (χ2v) is 9.26. The smallest absolute Gasteiger partial charge is 0.412 e. The highest BCUT2D eigenvalue weighted by Gasteiger charge is 2.25. The topological polar surface area (TPSA) is 53.6 Å². The van der Waals surface area contributed by atoms with Crippen molar-refractivity contribution < 1.29 is 9.53 Å². The molecular formula is C25H35N3O2. The normalized spacial score (nSPS) is 19.9. The average Bonchev–Trinajstić information content (AvgIpc) is 2.68. The zero-order valence-corrected chi connectivity index (χ0v) is 18.7. The molecule has 0 radical (unpaired) electrons. The maximum atomic E-state index is 12.0. The second kappa shape index (κ2) is 9.98. The molecule has 5 heteroatoms. The number of hydrogen-bond donors (Lipinski definition) is 2. The second-order valence-electron chi connectivity index (χ2n) is 9.26. The number of hydrogen-bond acceptors (Lipinski definition) is 4. The van der Waals surface area contributed by atoms with E-state index in [1.165, 1.54) is 5.56 Å². The van der Waals surface area contributed by atoms with Gasteiger partial charge in [0.15, 0.2) is 0 Å². The maximum absolute atomic E-state index is 12.0. The summed E-state index contributed by atoms with van der Waals surface area (Å²) in [5, 5.41) is 6.49. The Kier molecular flexibility index (Phi) is 7.38. The van der Waals surface area contributed by atoms with Crippen molar-refractivity contribution >= 4 is 17.5 Å². The van der Waals surface area contributed by atoms with E-state index in [9.17, 15) is 4.79 Å². The van der Waals surface area contributed by atoms with E-state index in [4.69, 9.17) is 4.74 Å². The van der Waals surface area contributed by atoms with Crippen molar-refractivity contribution in [2.45, 2.75) is 52.2 Å². The van der Waals surface area contributed by atoms with Gasteiger partial charge in [0.25, 0.3) is 0 Å². The Balaban J connectivity index is 1.49. The van der Waals surface area contributed by atoms with Crippen molar-refractivity contribution in [3.63, 3.8) is 0 Å². The number of nitrogens with zero attached hydrogens (tertiary/aromatic N) is 1. The molecule has 2 aromatic rings. The van der Waals surface area contributed by atoms with Crippen molar-refractivity contribution in [3.05, 3.63) is 60.2 Å². The van der Waals surface area contributed by atoms with Crippen LogP contribution in [0.2, 0.25) is 0 Å². The molecule has 1 fully saturated rings. The van der Waals surface area contributed by atoms with Gasteiger partial charge in [-0.3, -0.25) is 5.32 Å². The lowest BCUT2D eigenvalue weighted by molar-refractivity contribution is 0.0636. The van der Waals surface area contributed by atoms with Crippen LogP contribution in [0.4, 0.5) is 16.2 Å². The molecule has 0 bridgehead atoms. The molecular weight excluding hydrogens is 374 g/mol. The molecule has 1 saturated heterocycles. The number of ether oxygens (including phenoxy) is 1. The number of rotatable bonds is 6. The predicted octanol–water partition coefficient (Wildman–Crippen LogP) is 5.40. The van der Waals surface area contributed by atoms with Crippen LogP contribution in [0.25, 0.3) is 0 Å². The minimum Gasteiger partial charge on any atom is -0.444 e. The van der Waals surface area contributed by atoms with Crippen LogP contribution in [0, 0.1) is 5.92 Å². The molecule has 5 nitrogen and oxygen atoms in total. The monoisotopic (exact) mass is 409 g/mol. The van der Waals surface area contributed by atoms with Crippen LogP contribution in [-0.4, -0.2) is 42.3 Å². The minimum atomic E-state index is -0.510. The maximum Gasteiger partial charge on any atom is 0.412 e. The van der Waals surface area contributed by atoms with Gasteiger partial charge in [-0.25, -0.2) is 4.79 Å². The quantitative estimate of drug-likeness (QED) is 0.671. The van der Waals surface area contributed by atoms with Crippen LogP contribution in [0.1, 0.15) is 39.7 Å². The molecule has 0 unspecified atom stereocenters. The van der Waals surface area contributed by atoms with Gasteiger partial charge in [-0.05, 0) is 63.3 Å². The summed E-state index contributed by atoms with van der Waals surface area (Å²) in [5.74, 6) is 0.553. The van der Waals surface area contributed by atoms with E-state index in [-0.39, 0.29) is 0 Å². The van der Waals surface area contributed by atoms with Gasteiger partial charge in [0, 0.05) is 37.1 Å². The summed E-state index contributed by atoms with van der Waals surface area (Å²) in [5.41, 5.74) is 2.66. The number of carbonyl (C=O) groups is 1. The summed E-state index contributed by atoms with van der Waals surface area (Å²) in [6.45, 7) is 11.2. The summed E-state index contributed by atoms with van der Waals surface area (Å²) in [6, 6.07) is 19.0. The summed E-state index contributed by atoms with van der Waals surface area (Å²) in [6.07, 6.45) is 1.78. The van der Waals surface area contributed by atoms with Crippen LogP contribution >= 0.6 is 0 Å². The molecule has 2 atom stereocenters. The molecule has 3 rings (SSSR count). The first-order chi connectivity index (χ1) is 14.3. The molecule has 1 amide bonds. The van der Waals surface area contributed by atoms with E-state index in [2.05, 4.69) is 58.9 Å². The number of piperidine rings is 1. The summed E-state index contributed by atoms with van der Waals surface area (Å²) in [7, 11) is 0. The Morgan fingerprint density at radius 2 is 1.83 bits per heavy atom. The van der Waals surface area contributed by atoms with E-state index in [1.54, 1.807) is 0 Å². The van der Waals surface area contributed by atoms with Gasteiger partial charge in [0.1, 0.15) is 5.60 Å². The third-order valence-corrected chi connectivity index (χ3v) is 5.41. The van der Waals surface area contributed by atoms with Crippen LogP contribution < -0.4 is 10.6 Å². The molecule has 2 aromatic carbocycles. The molecule has 1 aliphatic heterocycles. The lowest BCUT2D eigenvalue weighted by atomic mass is 9.93. The van der Waals surface area contributed by atoms with E-state index >= 15 is 0 Å². The van der Waals surface area contributed by atoms with Gasteiger partial charge in [-0.2, -0.15) is 0 Å². The summed E-state index contributed by atoms with van der Waals surface area (Å²) < 4.78 is 5.34. The van der Waals surface area contributed by atoms with Crippen LogP contribution in [0.5, 0.6) is 0 Å². The average molecular weight is 410 g/mol. The summed E-state index contributed by atoms with van der Waals surface area (Å²) in [4.78, 5) is 14.6. The Hall–Kier alpha value is -2.53. The first-order valence-electron chi connectivity index (χ1n) is 10.9. The molecule has 162 valence electrons. The fourth-order valence-electron chi connectivity index (χ4n) is 3.90. The molecule has 0 aliphatic carbocycles. The highest BCUT2D eigenvalue weighted by Crippen LogP contribution is 2.24. The fourth-order valence-corrected chi connectivity index (χ4v) is 3.90. The number of likely N-dealkylation sites (tertiary alicyclic amines) is 1. The van der Waals surface area contributed by atoms with Crippen molar-refractivity contribution in [3.8, 4) is 0 Å². The first-order valence-corrected chi connectivity index (χ1v) is 10.9. The van der Waals surface area contributed by atoms with E-state index in [0.29, 0.717) is 12.0 Å². The van der Waals surface area contributed by atoms with Gasteiger partial charge >= 0.3 is 6.09 Å². The van der Waals surface area contributed by atoms with Crippen molar-refractivity contribution in [1.29, 1.82) is 0 Å². The number of amides is 1. The standard InChI is InChI=1S/C25H35N3O2/c1-19-18-28(15-13-20-9-6-5-7-10-20)16-14-23(19)26-21-11-8-12-22(17-21)27-24(29)30-25(2,3)4/h5-12,17,19,23,26H,13-16,18H2,1-4H3,(H,27,29)/t19-,23+/m1/s1. The van der Waals surface area contributed by atoms with E-state index in [1.807, 2.05) is 39.0 Å². The lowest BCUT2D eigenvalue weighted by Gasteiger charge is -2.38. The Labute approximate surface area is 180 Å². The Bertz CT molecular complexity index is 817. The molecule has 0 saturated carbocycles. The minimum absolute atomic E-state index is 0.426. The van der Waals surface area contributed by atoms with Crippen LogP contribution in [-0.2, 0) is 11.2 Å². The number of carbonyl (C=O) groups excluding carboxylic acids is 1. The van der Waals surface area contributed by atoms with Crippen LogP contribution in [0.15, 0.2) is 54.6 Å². The van der Waals surface area contributed by atoms with E-state index < -0.39 is 11.7 Å². The first kappa shape index (κ1) is 22.2. The van der Waals surface area contributed by atoms with Crippen molar-refractivity contribution in [2.24, 2.45) is 5.92 Å². The highest BCUT2D eigenvalue weighted by molar-refractivity contribution is 5.85. The van der Waals surface area contributed by atoms with Crippen molar-refractivity contribution in [2.75, 3.05) is 30.3 Å². The largest absolute Gasteiger partial charge is 0.444 e. The molecule has 1 heterocycles. The third-order valence-electron chi connectivity index (χ3n) is 5.41. The number of benzene rings is 2. The highest BCUT2D eigenvalue weighted by atomic mass is 16.6. The van der Waals surface area contributed by atoms with Gasteiger partial charge in [0.2, 0.25) is 0 Å². The van der Waals surface area contributed by atoms with E-state index in [0.717, 1.165) is 43.9 Å². The van der Waals surface area contributed by atoms with Gasteiger partial charge < -0.3 is 15.0 Å². The van der Waals surface area contributed by atoms with Crippen molar-refractivity contribution in [1.82, 2.24) is 4.90 Å². The zero-order valence-electron chi connectivity index (χ0n) is 18.7. The molecule has 2 N–H and O–H groups in total. The fraction of sp³-hybridized carbons (Fsp3) is 0.480. The predicted molar refractivity (Wildman–Crippen MR) is 124 cm³/mol. The molecule has 30 heavy (non-hydrogen) atoms. The Morgan fingerprint density at radius 3 is 2.53 bits per heavy atom. The van der Waals surface area contributed by atoms with Gasteiger partial charge in [-0.1, -0.05) is 43.3 Å². The van der Waals surface area contributed by atoms with Gasteiger partial charge in [-0.15, -0.1) is 0 Å². The molecule has 0 spiro atoms. The molecule has 1 aliphatic rings. The van der Waals surface area contributed by atoms with Crippen LogP contribution in [0.3, 0.4) is 0 Å². The third kappa shape index (κ3) is 7.06. The SMILES string of the molecule is C[C@@H]1CN(CCc2ccccc2)CC[C@@H]1Nc1cccc(NC(=O)OC(C)(C)C)c1. The Morgan fingerprint density at radius 1 is 1.10 bits per heavy atom. The molecule has 0 aromatic heterocycles. The number of nitrogens with one attached hydrogen (secondary N) is 2.